The fourth-order valence-electron chi connectivity index (χ4n) is 12.9. The van der Waals surface area contributed by atoms with Crippen LogP contribution in [0, 0.1) is 11.8 Å². The first-order chi connectivity index (χ1) is 35.1. The molecule has 2 aliphatic carbocycles. The predicted molar refractivity (Wildman–Crippen MR) is 280 cm³/mol. The van der Waals surface area contributed by atoms with Gasteiger partial charge in [0, 0.05) is 52.7 Å². The fourth-order valence-corrected chi connectivity index (χ4v) is 12.9. The van der Waals surface area contributed by atoms with Gasteiger partial charge in [-0.2, -0.15) is 0 Å². The second kappa shape index (κ2) is 20.8. The largest absolute Gasteiger partial charge is 0.508 e. The number of nitrogens with zero attached hydrogens (tertiary/aromatic N) is 1. The summed E-state index contributed by atoms with van der Waals surface area (Å²) < 4.78 is 22.1. The van der Waals surface area contributed by atoms with Gasteiger partial charge in [-0.3, -0.25) is 0 Å². The van der Waals surface area contributed by atoms with E-state index in [1.165, 1.54) is 22.3 Å². The molecule has 5 aromatic carbocycles. The molecule has 0 spiro atoms. The van der Waals surface area contributed by atoms with Crippen LogP contribution in [0.5, 0.6) is 23.0 Å². The Bertz CT molecular complexity index is 3010. The van der Waals surface area contributed by atoms with Crippen LogP contribution < -0.4 is 15.8 Å². The van der Waals surface area contributed by atoms with Gasteiger partial charge < -0.3 is 55.4 Å². The Balaban J connectivity index is 0.895. The van der Waals surface area contributed by atoms with Gasteiger partial charge in [0.05, 0.1) is 38.2 Å². The molecule has 12 rings (SSSR count). The number of aromatic hydroxyl groups is 3. The smallest absolute Gasteiger partial charge is 0.164 e. The lowest BCUT2D eigenvalue weighted by Gasteiger charge is -2.49. The number of aliphatic hydroxyl groups is 2. The average molecular weight is 972 g/mol. The van der Waals surface area contributed by atoms with E-state index in [0.29, 0.717) is 69.2 Å². The molecule has 6 aromatic rings. The van der Waals surface area contributed by atoms with Crippen molar-refractivity contribution in [2.45, 2.75) is 127 Å². The van der Waals surface area contributed by atoms with Crippen LogP contribution in [0.25, 0.3) is 16.6 Å². The molecule has 1 fully saturated rings. The molecule has 0 amide bonds. The summed E-state index contributed by atoms with van der Waals surface area (Å²) >= 11 is 0. The Kier molecular flexibility index (Phi) is 13.9. The van der Waals surface area contributed by atoms with Gasteiger partial charge in [-0.25, -0.2) is 0 Å². The van der Waals surface area contributed by atoms with Crippen LogP contribution in [-0.2, 0) is 60.2 Å². The summed E-state index contributed by atoms with van der Waals surface area (Å²) in [5.74, 6) is 2.06. The Labute approximate surface area is 422 Å². The highest BCUT2D eigenvalue weighted by Crippen LogP contribution is 2.52. The van der Waals surface area contributed by atoms with Crippen LogP contribution in [0.4, 0.5) is 0 Å². The highest BCUT2D eigenvalue weighted by atomic mass is 16.5. The van der Waals surface area contributed by atoms with Gasteiger partial charge in [0.1, 0.15) is 23.9 Å². The number of ether oxygens (including phenoxy) is 3. The number of aryl methyl sites for hydroxylation is 2. The minimum atomic E-state index is -0.641. The van der Waals surface area contributed by atoms with Crippen molar-refractivity contribution in [2.24, 2.45) is 17.6 Å². The number of hydrogen-bond donors (Lipinski definition) is 7. The van der Waals surface area contributed by atoms with Crippen LogP contribution in [0.2, 0.25) is 0 Å². The first-order valence-corrected chi connectivity index (χ1v) is 26.4. The number of hydrogen-bond acceptors (Lipinski definition) is 10. The van der Waals surface area contributed by atoms with Crippen LogP contribution >= 0.6 is 0 Å². The van der Waals surface area contributed by atoms with Crippen LogP contribution in [0.1, 0.15) is 113 Å². The third-order valence-corrected chi connectivity index (χ3v) is 16.7. The van der Waals surface area contributed by atoms with Crippen LogP contribution in [0.3, 0.4) is 0 Å². The molecule has 5 heterocycles. The summed E-state index contributed by atoms with van der Waals surface area (Å²) in [6, 6.07) is 28.3. The van der Waals surface area contributed by atoms with Gasteiger partial charge in [0.2, 0.25) is 0 Å². The zero-order valence-electron chi connectivity index (χ0n) is 41.2. The minimum Gasteiger partial charge on any atom is -0.508 e. The third kappa shape index (κ3) is 9.65. The maximum Gasteiger partial charge on any atom is 0.164 e. The highest BCUT2D eigenvalue weighted by Gasteiger charge is 2.47. The number of unbranched alkanes of at least 4 members (excludes halogenated alkanes) is 3. The van der Waals surface area contributed by atoms with Crippen molar-refractivity contribution in [1.29, 1.82) is 0 Å². The summed E-state index contributed by atoms with van der Waals surface area (Å²) in [6.07, 6.45) is 18.7. The maximum absolute atomic E-state index is 12.1. The van der Waals surface area contributed by atoms with Gasteiger partial charge in [0.15, 0.2) is 11.5 Å². The molecular weight excluding hydrogens is 903 g/mol. The van der Waals surface area contributed by atoms with Crippen LogP contribution in [0.15, 0.2) is 115 Å². The molecule has 8 N–H and O–H groups in total. The third-order valence-electron chi connectivity index (χ3n) is 16.7. The molecular formula is C61H69N3O8. The lowest BCUT2D eigenvalue weighted by Crippen LogP contribution is -2.47. The molecule has 1 saturated heterocycles. The Morgan fingerprint density at radius 3 is 2.58 bits per heavy atom. The number of phenolic OH excluding ortho intramolecular Hbond substituents is 3. The summed E-state index contributed by atoms with van der Waals surface area (Å²) in [7, 11) is 0. The van der Waals surface area contributed by atoms with E-state index in [-0.39, 0.29) is 47.9 Å². The van der Waals surface area contributed by atoms with Gasteiger partial charge >= 0.3 is 0 Å². The van der Waals surface area contributed by atoms with Gasteiger partial charge in [-0.15, -0.1) is 0 Å². The summed E-state index contributed by atoms with van der Waals surface area (Å²) in [4.78, 5) is 0. The average Bonchev–Trinajstić information content (AvgIpc) is 3.83. The van der Waals surface area contributed by atoms with Gasteiger partial charge in [-0.1, -0.05) is 79.9 Å². The van der Waals surface area contributed by atoms with Gasteiger partial charge in [-0.05, 0) is 163 Å². The molecule has 6 atom stereocenters. The standard InChI is InChI=1S/C61H69N3O8/c62-58-21-17-42-35-71-50(12-4-2-1-3-8-38-14-20-55(67)43(24-38)25-39-9-7-11-49(66)26-39)31-56(68)41-16-19-51-52(29-41)45(34-65)30-57(69)59(51)72-36-46-28-48(27-44-32-64(33-53(44)46)60(42)63-58)61-22-23-70-37-47(61)18-15-40-10-5-6-13-54(40)61/h5-7,9-11,13-14,17,20-21,24,26-28,30,32-33,41,47,50,56,58,63,65-69H,1-4,8,12,15-16,18-19,22-23,25,29,31,34-37,62H2/t41-,47-,50+,56+,58?,61-/m1/s1. The number of nitrogens with one attached hydrogen (secondary N) is 1. The summed E-state index contributed by atoms with van der Waals surface area (Å²) in [5, 5.41) is 60.6. The zero-order chi connectivity index (χ0) is 49.3. The summed E-state index contributed by atoms with van der Waals surface area (Å²) in [6.45, 7) is 1.73. The van der Waals surface area contributed by atoms with Crippen LogP contribution in [-0.4, -0.2) is 68.3 Å². The van der Waals surface area contributed by atoms with Crippen molar-refractivity contribution in [3.05, 3.63) is 171 Å². The van der Waals surface area contributed by atoms with Crippen molar-refractivity contribution in [3.8, 4) is 23.0 Å². The van der Waals surface area contributed by atoms with E-state index in [1.807, 2.05) is 24.3 Å². The van der Waals surface area contributed by atoms with Crippen molar-refractivity contribution in [3.63, 3.8) is 0 Å². The SMILES string of the molecule is NC1C=CC2=C(N1)n1cc3cc([C@@]45CCOC[C@H]4CCc4ccccc45)cc(c3c1)COc1c(O)cc(CO)c3c1CC[C@H](C3)[C@@H](O)C[C@H](CCCCCCc1ccc(O)c(Cc3cccc(O)c3)c1)OC2. The normalized spacial score (nSPS) is 24.0. The Morgan fingerprint density at radius 2 is 1.69 bits per heavy atom. The second-order valence-corrected chi connectivity index (χ2v) is 21.2. The van der Waals surface area contributed by atoms with E-state index in [9.17, 15) is 25.5 Å². The number of aromatic nitrogens is 1. The number of rotatable bonds is 11. The molecule has 1 aromatic heterocycles. The van der Waals surface area contributed by atoms with Gasteiger partial charge in [0.25, 0.3) is 0 Å². The minimum absolute atomic E-state index is 0.0219. The molecule has 11 nitrogen and oxygen atoms in total. The molecule has 6 aliphatic rings. The number of dihydropyridines is 1. The predicted octanol–water partition coefficient (Wildman–Crippen LogP) is 9.75. The molecule has 0 radical (unpaired) electrons. The van der Waals surface area contributed by atoms with E-state index in [1.54, 1.807) is 24.3 Å². The van der Waals surface area contributed by atoms with E-state index < -0.39 is 12.3 Å². The van der Waals surface area contributed by atoms with E-state index in [4.69, 9.17) is 19.9 Å². The maximum atomic E-state index is 12.1. The van der Waals surface area contributed by atoms with E-state index >= 15 is 0 Å². The van der Waals surface area contributed by atoms with Crippen molar-refractivity contribution < 1.29 is 39.7 Å². The lowest BCUT2D eigenvalue weighted by atomic mass is 9.57. The molecule has 4 aliphatic heterocycles. The monoisotopic (exact) mass is 972 g/mol. The summed E-state index contributed by atoms with van der Waals surface area (Å²) in [5.41, 5.74) is 17.9. The molecule has 0 saturated carbocycles. The highest BCUT2D eigenvalue weighted by molar-refractivity contribution is 5.88. The van der Waals surface area contributed by atoms with E-state index in [2.05, 4.69) is 70.8 Å². The number of fused-ring (bicyclic) bond motifs is 9. The number of benzene rings is 5. The zero-order valence-corrected chi connectivity index (χ0v) is 41.2. The lowest BCUT2D eigenvalue weighted by molar-refractivity contribution is -0.00205. The quantitative estimate of drug-likeness (QED) is 0.0620. The number of aliphatic hydroxyl groups excluding tert-OH is 2. The van der Waals surface area contributed by atoms with Crippen molar-refractivity contribution in [2.75, 3.05) is 19.8 Å². The van der Waals surface area contributed by atoms with E-state index in [0.717, 1.165) is 108 Å². The molecule has 1 unspecified atom stereocenters. The first kappa shape index (κ1) is 48.2. The fraction of sp³-hybridized carbons (Fsp3) is 0.410. The van der Waals surface area contributed by atoms with Crippen molar-refractivity contribution >= 4 is 16.6 Å². The second-order valence-electron chi connectivity index (χ2n) is 21.2. The molecule has 11 heteroatoms. The molecule has 72 heavy (non-hydrogen) atoms. The number of phenols is 3. The number of nitrogens with two attached hydrogens (primary N) is 1. The molecule has 6 bridgehead atoms. The van der Waals surface area contributed by atoms with Crippen molar-refractivity contribution in [1.82, 2.24) is 9.88 Å². The Morgan fingerprint density at radius 1 is 0.806 bits per heavy atom. The Hall–Kier alpha value is -6.08. The molecule has 376 valence electrons. The topological polar surface area (TPSA) is 172 Å². The first-order valence-electron chi connectivity index (χ1n) is 26.4.